The Labute approximate surface area is 176 Å². The predicted octanol–water partition coefficient (Wildman–Crippen LogP) is 2.18. The Hall–Kier alpha value is -2.06. The van der Waals surface area contributed by atoms with E-state index in [2.05, 4.69) is 10.6 Å². The summed E-state index contributed by atoms with van der Waals surface area (Å²) in [6.45, 7) is 6.00. The molecule has 7 nitrogen and oxygen atoms in total. The van der Waals surface area contributed by atoms with E-state index in [-0.39, 0.29) is 18.4 Å². The van der Waals surface area contributed by atoms with Crippen LogP contribution in [-0.4, -0.2) is 53.5 Å². The Morgan fingerprint density at radius 1 is 1.28 bits per heavy atom. The van der Waals surface area contributed by atoms with Crippen LogP contribution >= 0.6 is 11.8 Å². The highest BCUT2D eigenvalue weighted by Gasteiger charge is 2.26. The lowest BCUT2D eigenvalue weighted by atomic mass is 9.99. The Balaban J connectivity index is 2.03. The van der Waals surface area contributed by atoms with Crippen LogP contribution in [0.5, 0.6) is 0 Å². The number of carbonyl (C=O) groups excluding carboxylic acids is 3. The van der Waals surface area contributed by atoms with Crippen LogP contribution in [0.3, 0.4) is 0 Å². The molecule has 0 bridgehead atoms. The first kappa shape index (κ1) is 23.2. The number of nitrogens with one attached hydrogen (secondary N) is 2. The number of aliphatic hydroxyl groups is 1. The lowest BCUT2D eigenvalue weighted by molar-refractivity contribution is -0.136. The average molecular weight is 422 g/mol. The van der Waals surface area contributed by atoms with Gasteiger partial charge in [-0.05, 0) is 55.9 Å². The van der Waals surface area contributed by atoms with Crippen molar-refractivity contribution in [3.05, 3.63) is 23.8 Å². The van der Waals surface area contributed by atoms with Crippen molar-refractivity contribution in [3.8, 4) is 0 Å². The number of carbonyl (C=O) groups is 3. The van der Waals surface area contributed by atoms with E-state index < -0.39 is 17.4 Å². The van der Waals surface area contributed by atoms with E-state index in [4.69, 9.17) is 0 Å². The second-order valence-corrected chi connectivity index (χ2v) is 8.95. The maximum Gasteiger partial charge on any atom is 0.313 e. The van der Waals surface area contributed by atoms with Gasteiger partial charge in [-0.3, -0.25) is 14.4 Å². The number of hydrogen-bond acceptors (Lipinski definition) is 5. The molecule has 29 heavy (non-hydrogen) atoms. The molecule has 0 spiro atoms. The normalized spacial score (nSPS) is 15.4. The molecule has 3 N–H and O–H groups in total. The third-order valence-corrected chi connectivity index (χ3v) is 5.51. The summed E-state index contributed by atoms with van der Waals surface area (Å²) in [6, 6.07) is 5.37. The number of anilines is 2. The average Bonchev–Trinajstić information content (AvgIpc) is 2.69. The molecular weight excluding hydrogens is 390 g/mol. The summed E-state index contributed by atoms with van der Waals surface area (Å²) in [5, 5.41) is 15.3. The monoisotopic (exact) mass is 421 g/mol. The van der Waals surface area contributed by atoms with E-state index in [0.29, 0.717) is 18.7 Å². The van der Waals surface area contributed by atoms with Crippen LogP contribution in [-0.2, 0) is 20.8 Å². The van der Waals surface area contributed by atoms with E-state index in [1.165, 1.54) is 0 Å². The zero-order valence-electron chi connectivity index (χ0n) is 17.6. The molecule has 0 aliphatic carbocycles. The summed E-state index contributed by atoms with van der Waals surface area (Å²) in [7, 11) is 0. The van der Waals surface area contributed by atoms with Crippen LogP contribution in [0.1, 0.15) is 39.2 Å². The zero-order valence-corrected chi connectivity index (χ0v) is 18.4. The Bertz CT molecular complexity index is 764. The zero-order chi connectivity index (χ0) is 21.6. The topological polar surface area (TPSA) is 98.7 Å². The standard InChI is InChI=1S/C21H31N3O4S/c1-14(2)20(27)24-10-5-6-15-7-8-16(12-17(15)24)23-19(26)18(25)22-13-21(3,28)9-11-29-4/h7-8,12,14,28H,5-6,9-11,13H2,1-4H3,(H,22,25)(H,23,26)/t21-/m0/s1. The molecule has 160 valence electrons. The van der Waals surface area contributed by atoms with E-state index in [1.807, 2.05) is 26.2 Å². The Morgan fingerprint density at radius 3 is 2.66 bits per heavy atom. The second kappa shape index (κ2) is 10.1. The van der Waals surface area contributed by atoms with Crippen LogP contribution in [0, 0.1) is 5.92 Å². The molecule has 2 rings (SSSR count). The van der Waals surface area contributed by atoms with Crippen LogP contribution in [0.15, 0.2) is 18.2 Å². The fraction of sp³-hybridized carbons (Fsp3) is 0.571. The van der Waals surface area contributed by atoms with Crippen molar-refractivity contribution in [3.63, 3.8) is 0 Å². The number of amides is 3. The van der Waals surface area contributed by atoms with E-state index in [9.17, 15) is 19.5 Å². The summed E-state index contributed by atoms with van der Waals surface area (Å²) >= 11 is 1.61. The molecule has 0 radical (unpaired) electrons. The molecule has 1 aromatic rings. The van der Waals surface area contributed by atoms with Crippen LogP contribution in [0.25, 0.3) is 0 Å². The van der Waals surface area contributed by atoms with Gasteiger partial charge in [0.15, 0.2) is 0 Å². The maximum atomic E-state index is 12.5. The van der Waals surface area contributed by atoms with Gasteiger partial charge in [-0.2, -0.15) is 11.8 Å². The number of benzene rings is 1. The van der Waals surface area contributed by atoms with Gasteiger partial charge in [-0.25, -0.2) is 0 Å². The molecule has 3 amide bonds. The van der Waals surface area contributed by atoms with Crippen molar-refractivity contribution in [1.82, 2.24) is 5.32 Å². The van der Waals surface area contributed by atoms with E-state index >= 15 is 0 Å². The highest BCUT2D eigenvalue weighted by atomic mass is 32.2. The summed E-state index contributed by atoms with van der Waals surface area (Å²) in [6.07, 6.45) is 4.23. The minimum absolute atomic E-state index is 0.000664. The lowest BCUT2D eigenvalue weighted by Gasteiger charge is -2.31. The van der Waals surface area contributed by atoms with E-state index in [0.717, 1.165) is 29.8 Å². The quantitative estimate of drug-likeness (QED) is 0.586. The van der Waals surface area contributed by atoms with Gasteiger partial charge in [-0.15, -0.1) is 0 Å². The van der Waals surface area contributed by atoms with Crippen molar-refractivity contribution in [2.45, 2.75) is 45.6 Å². The molecule has 8 heteroatoms. The Kier molecular flexibility index (Phi) is 8.10. The molecule has 1 heterocycles. The molecule has 1 atom stereocenters. The van der Waals surface area contributed by atoms with Gasteiger partial charge in [0, 0.05) is 30.4 Å². The first-order chi connectivity index (χ1) is 13.6. The first-order valence-electron chi connectivity index (χ1n) is 9.89. The number of nitrogens with zero attached hydrogens (tertiary/aromatic N) is 1. The SMILES string of the molecule is CSCC[C@](C)(O)CNC(=O)C(=O)Nc1ccc2c(c1)N(C(=O)C(C)C)CCC2. The van der Waals surface area contributed by atoms with Crippen molar-refractivity contribution < 1.29 is 19.5 Å². The minimum Gasteiger partial charge on any atom is -0.388 e. The first-order valence-corrected chi connectivity index (χ1v) is 11.3. The maximum absolute atomic E-state index is 12.5. The molecule has 0 aromatic heterocycles. The summed E-state index contributed by atoms with van der Waals surface area (Å²) < 4.78 is 0. The molecule has 1 aliphatic heterocycles. The third-order valence-electron chi connectivity index (χ3n) is 4.90. The molecule has 1 aliphatic rings. The second-order valence-electron chi connectivity index (χ2n) is 7.97. The summed E-state index contributed by atoms with van der Waals surface area (Å²) in [5.74, 6) is -0.926. The van der Waals surface area contributed by atoms with Gasteiger partial charge in [0.1, 0.15) is 0 Å². The number of hydrogen-bond donors (Lipinski definition) is 3. The molecule has 0 fully saturated rings. The molecule has 0 saturated heterocycles. The molecular formula is C21H31N3O4S. The van der Waals surface area contributed by atoms with Crippen molar-refractivity contribution in [2.75, 3.05) is 35.3 Å². The Morgan fingerprint density at radius 2 is 2.00 bits per heavy atom. The number of aryl methyl sites for hydroxylation is 1. The number of fused-ring (bicyclic) bond motifs is 1. The molecule has 0 unspecified atom stereocenters. The number of rotatable bonds is 7. The summed E-state index contributed by atoms with van der Waals surface area (Å²) in [4.78, 5) is 38.6. The van der Waals surface area contributed by atoms with Gasteiger partial charge < -0.3 is 20.6 Å². The van der Waals surface area contributed by atoms with Gasteiger partial charge in [0.05, 0.1) is 5.60 Å². The van der Waals surface area contributed by atoms with Gasteiger partial charge in [0.25, 0.3) is 0 Å². The van der Waals surface area contributed by atoms with Gasteiger partial charge >= 0.3 is 11.8 Å². The van der Waals surface area contributed by atoms with Gasteiger partial charge in [-0.1, -0.05) is 19.9 Å². The third kappa shape index (κ3) is 6.47. The van der Waals surface area contributed by atoms with E-state index in [1.54, 1.807) is 35.7 Å². The largest absolute Gasteiger partial charge is 0.388 e. The van der Waals surface area contributed by atoms with Crippen LogP contribution in [0.2, 0.25) is 0 Å². The van der Waals surface area contributed by atoms with Crippen LogP contribution in [0.4, 0.5) is 11.4 Å². The highest BCUT2D eigenvalue weighted by molar-refractivity contribution is 7.98. The fourth-order valence-corrected chi connectivity index (χ4v) is 3.79. The lowest BCUT2D eigenvalue weighted by Crippen LogP contribution is -2.45. The smallest absolute Gasteiger partial charge is 0.313 e. The van der Waals surface area contributed by atoms with Gasteiger partial charge in [0.2, 0.25) is 5.91 Å². The van der Waals surface area contributed by atoms with Crippen LogP contribution < -0.4 is 15.5 Å². The van der Waals surface area contributed by atoms with Crippen molar-refractivity contribution in [1.29, 1.82) is 0 Å². The fourth-order valence-electron chi connectivity index (χ4n) is 3.14. The minimum atomic E-state index is -1.07. The number of thioether (sulfide) groups is 1. The molecule has 0 saturated carbocycles. The highest BCUT2D eigenvalue weighted by Crippen LogP contribution is 2.31. The van der Waals surface area contributed by atoms with Crippen molar-refractivity contribution >= 4 is 40.9 Å². The molecule has 1 aromatic carbocycles. The summed E-state index contributed by atoms with van der Waals surface area (Å²) in [5.41, 5.74) is 1.23. The predicted molar refractivity (Wildman–Crippen MR) is 117 cm³/mol. The van der Waals surface area contributed by atoms with Crippen molar-refractivity contribution in [2.24, 2.45) is 5.92 Å².